The number of para-hydroxylation sites is 1. The quantitative estimate of drug-likeness (QED) is 0.627. The van der Waals surface area contributed by atoms with Gasteiger partial charge in [-0.25, -0.2) is 0 Å². The van der Waals surface area contributed by atoms with Crippen LogP contribution in [0.15, 0.2) is 54.6 Å². The van der Waals surface area contributed by atoms with Gasteiger partial charge in [-0.15, -0.1) is 0 Å². The molecule has 25 heavy (non-hydrogen) atoms. The number of carboxylic acids is 3. The lowest BCUT2D eigenvalue weighted by Gasteiger charge is -2.20. The van der Waals surface area contributed by atoms with E-state index in [1.54, 1.807) is 24.3 Å². The van der Waals surface area contributed by atoms with Gasteiger partial charge in [-0.2, -0.15) is 0 Å². The third-order valence-electron chi connectivity index (χ3n) is 3.74. The molecule has 2 aromatic carbocycles. The van der Waals surface area contributed by atoms with Gasteiger partial charge in [0.15, 0.2) is 0 Å². The van der Waals surface area contributed by atoms with Gasteiger partial charge >= 0.3 is 17.9 Å². The molecule has 130 valence electrons. The molecule has 3 N–H and O–H groups in total. The van der Waals surface area contributed by atoms with Crippen molar-refractivity contribution in [2.45, 2.75) is 13.0 Å². The van der Waals surface area contributed by atoms with Gasteiger partial charge in [0.25, 0.3) is 5.41 Å². The first-order valence-corrected chi connectivity index (χ1v) is 7.32. The first kappa shape index (κ1) is 18.0. The van der Waals surface area contributed by atoms with Crippen LogP contribution in [0.3, 0.4) is 0 Å². The standard InChI is InChI=1S/C18H16O7/c19-15(20)18(16(21)22,17(23)24)10-12-6-8-13(9-7-12)11-25-14-4-2-1-3-5-14/h1-9H,10-11H2,(H,19,20)(H,21,22)(H,23,24). The summed E-state index contributed by atoms with van der Waals surface area (Å²) in [5, 5.41) is 27.3. The molecule has 0 heterocycles. The van der Waals surface area contributed by atoms with Crippen molar-refractivity contribution in [1.29, 1.82) is 0 Å². The second kappa shape index (κ2) is 7.48. The second-order valence-electron chi connectivity index (χ2n) is 5.42. The summed E-state index contributed by atoms with van der Waals surface area (Å²) in [6.07, 6.45) is -0.660. The molecule has 0 bridgehead atoms. The van der Waals surface area contributed by atoms with E-state index in [9.17, 15) is 14.4 Å². The molecule has 7 nitrogen and oxygen atoms in total. The van der Waals surface area contributed by atoms with Gasteiger partial charge in [0.1, 0.15) is 12.4 Å². The van der Waals surface area contributed by atoms with Crippen LogP contribution < -0.4 is 4.74 Å². The van der Waals surface area contributed by atoms with Crippen LogP contribution in [0, 0.1) is 5.41 Å². The maximum atomic E-state index is 11.3. The van der Waals surface area contributed by atoms with E-state index >= 15 is 0 Å². The first-order valence-electron chi connectivity index (χ1n) is 7.32. The van der Waals surface area contributed by atoms with E-state index in [1.807, 2.05) is 18.2 Å². The smallest absolute Gasteiger partial charge is 0.333 e. The van der Waals surface area contributed by atoms with E-state index in [1.165, 1.54) is 12.1 Å². The topological polar surface area (TPSA) is 121 Å². The summed E-state index contributed by atoms with van der Waals surface area (Å²) in [6, 6.07) is 15.4. The lowest BCUT2D eigenvalue weighted by Crippen LogP contribution is -2.48. The largest absolute Gasteiger partial charge is 0.489 e. The highest BCUT2D eigenvalue weighted by Crippen LogP contribution is 2.25. The first-order chi connectivity index (χ1) is 11.9. The van der Waals surface area contributed by atoms with E-state index in [4.69, 9.17) is 20.1 Å². The molecule has 0 aliphatic heterocycles. The van der Waals surface area contributed by atoms with Crippen molar-refractivity contribution >= 4 is 17.9 Å². The Kier molecular flexibility index (Phi) is 5.38. The molecule has 0 spiro atoms. The number of aliphatic carboxylic acids is 3. The second-order valence-corrected chi connectivity index (χ2v) is 5.42. The average Bonchev–Trinajstić information content (AvgIpc) is 2.59. The minimum Gasteiger partial charge on any atom is -0.489 e. The summed E-state index contributed by atoms with van der Waals surface area (Å²) < 4.78 is 5.57. The summed E-state index contributed by atoms with van der Waals surface area (Å²) in [6.45, 7) is 0.270. The predicted molar refractivity (Wildman–Crippen MR) is 86.3 cm³/mol. The van der Waals surface area contributed by atoms with Crippen LogP contribution in [0.25, 0.3) is 0 Å². The van der Waals surface area contributed by atoms with E-state index < -0.39 is 29.7 Å². The van der Waals surface area contributed by atoms with Crippen molar-refractivity contribution in [3.05, 3.63) is 65.7 Å². The zero-order valence-electron chi connectivity index (χ0n) is 13.1. The molecule has 0 aliphatic rings. The summed E-state index contributed by atoms with van der Waals surface area (Å²) in [5.41, 5.74) is -1.85. The summed E-state index contributed by atoms with van der Waals surface area (Å²) in [4.78, 5) is 33.8. The van der Waals surface area contributed by atoms with Crippen molar-refractivity contribution in [3.63, 3.8) is 0 Å². The van der Waals surface area contributed by atoms with Crippen molar-refractivity contribution < 1.29 is 34.4 Å². The van der Waals surface area contributed by atoms with Gasteiger partial charge in [0.05, 0.1) is 0 Å². The van der Waals surface area contributed by atoms with Crippen molar-refractivity contribution in [1.82, 2.24) is 0 Å². The zero-order valence-corrected chi connectivity index (χ0v) is 13.1. The van der Waals surface area contributed by atoms with Crippen LogP contribution in [-0.4, -0.2) is 33.2 Å². The van der Waals surface area contributed by atoms with Crippen LogP contribution in [-0.2, 0) is 27.4 Å². The number of ether oxygens (including phenoxy) is 1. The molecular formula is C18H16O7. The van der Waals surface area contributed by atoms with E-state index in [0.29, 0.717) is 5.75 Å². The Morgan fingerprint density at radius 1 is 0.760 bits per heavy atom. The Labute approximate surface area is 143 Å². The van der Waals surface area contributed by atoms with Crippen LogP contribution in [0.2, 0.25) is 0 Å². The van der Waals surface area contributed by atoms with Crippen molar-refractivity contribution in [2.75, 3.05) is 0 Å². The lowest BCUT2D eigenvalue weighted by molar-refractivity contribution is -0.175. The number of hydrogen-bond donors (Lipinski definition) is 3. The predicted octanol–water partition coefficient (Wildman–Crippen LogP) is 2.05. The Hall–Kier alpha value is -3.35. The summed E-state index contributed by atoms with van der Waals surface area (Å²) in [5.74, 6) is -5.05. The molecule has 0 amide bonds. The van der Waals surface area contributed by atoms with Crippen molar-refractivity contribution in [3.8, 4) is 5.75 Å². The van der Waals surface area contributed by atoms with Crippen LogP contribution >= 0.6 is 0 Å². The van der Waals surface area contributed by atoms with Crippen LogP contribution in [0.1, 0.15) is 11.1 Å². The highest BCUT2D eigenvalue weighted by Gasteiger charge is 2.54. The fourth-order valence-corrected chi connectivity index (χ4v) is 2.24. The van der Waals surface area contributed by atoms with Gasteiger partial charge in [0.2, 0.25) is 0 Å². The monoisotopic (exact) mass is 344 g/mol. The molecule has 0 saturated heterocycles. The fraction of sp³-hybridized carbons (Fsp3) is 0.167. The number of hydrogen-bond acceptors (Lipinski definition) is 4. The average molecular weight is 344 g/mol. The van der Waals surface area contributed by atoms with Gasteiger partial charge in [0, 0.05) is 6.42 Å². The molecule has 0 fully saturated rings. The Morgan fingerprint density at radius 2 is 1.24 bits per heavy atom. The normalized spacial score (nSPS) is 10.9. The Bertz CT molecular complexity index is 730. The molecule has 2 aromatic rings. The van der Waals surface area contributed by atoms with Gasteiger partial charge in [-0.05, 0) is 23.3 Å². The lowest BCUT2D eigenvalue weighted by atomic mass is 9.81. The van der Waals surface area contributed by atoms with Crippen LogP contribution in [0.4, 0.5) is 0 Å². The molecule has 2 rings (SSSR count). The Balaban J connectivity index is 2.12. The minimum atomic E-state index is -2.91. The molecular weight excluding hydrogens is 328 g/mol. The number of carbonyl (C=O) groups is 3. The molecule has 0 atom stereocenters. The van der Waals surface area contributed by atoms with E-state index in [-0.39, 0.29) is 12.2 Å². The molecule has 0 aliphatic carbocycles. The number of carboxylic acid groups (broad SMARTS) is 3. The zero-order chi connectivity index (χ0) is 18.4. The third-order valence-corrected chi connectivity index (χ3v) is 3.74. The van der Waals surface area contributed by atoms with Crippen LogP contribution in [0.5, 0.6) is 5.75 Å². The minimum absolute atomic E-state index is 0.270. The third kappa shape index (κ3) is 3.95. The van der Waals surface area contributed by atoms with Crippen molar-refractivity contribution in [2.24, 2.45) is 5.41 Å². The maximum Gasteiger partial charge on any atom is 0.333 e. The molecule has 0 radical (unpaired) electrons. The summed E-state index contributed by atoms with van der Waals surface area (Å²) >= 11 is 0. The molecule has 0 unspecified atom stereocenters. The Morgan fingerprint density at radius 3 is 1.72 bits per heavy atom. The molecule has 7 heteroatoms. The maximum absolute atomic E-state index is 11.3. The van der Waals surface area contributed by atoms with Gasteiger partial charge < -0.3 is 20.1 Å². The van der Waals surface area contributed by atoms with E-state index in [2.05, 4.69) is 0 Å². The summed E-state index contributed by atoms with van der Waals surface area (Å²) in [7, 11) is 0. The van der Waals surface area contributed by atoms with E-state index in [0.717, 1.165) is 5.56 Å². The van der Waals surface area contributed by atoms with Gasteiger partial charge in [-0.3, -0.25) is 14.4 Å². The number of benzene rings is 2. The molecule has 0 saturated carbocycles. The highest BCUT2D eigenvalue weighted by molar-refractivity contribution is 6.16. The fourth-order valence-electron chi connectivity index (χ4n) is 2.24. The number of rotatable bonds is 8. The highest BCUT2D eigenvalue weighted by atomic mass is 16.5. The SMILES string of the molecule is O=C(O)C(Cc1ccc(COc2ccccc2)cc1)(C(=O)O)C(=O)O. The van der Waals surface area contributed by atoms with Gasteiger partial charge in [-0.1, -0.05) is 42.5 Å². The molecule has 0 aromatic heterocycles.